The summed E-state index contributed by atoms with van der Waals surface area (Å²) in [5.74, 6) is -0.229. The average Bonchev–Trinajstić information content (AvgIpc) is 2.69. The maximum Gasteiger partial charge on any atom is 0.262 e. The first-order valence-corrected chi connectivity index (χ1v) is 7.49. The van der Waals surface area contributed by atoms with E-state index in [1.165, 1.54) is 22.2 Å². The van der Waals surface area contributed by atoms with Crippen LogP contribution in [-0.4, -0.2) is 35.2 Å². The maximum absolute atomic E-state index is 12.4. The molecule has 1 atom stereocenters. The van der Waals surface area contributed by atoms with Gasteiger partial charge in [0.1, 0.15) is 11.4 Å². The first-order valence-electron chi connectivity index (χ1n) is 6.67. The summed E-state index contributed by atoms with van der Waals surface area (Å²) in [6, 6.07) is -0.0972. The molecular formula is C14H19N3O3S. The van der Waals surface area contributed by atoms with Crippen LogP contribution in [0.15, 0.2) is 11.1 Å². The lowest BCUT2D eigenvalue weighted by Crippen LogP contribution is -2.39. The second kappa shape index (κ2) is 6.36. The summed E-state index contributed by atoms with van der Waals surface area (Å²) >= 11 is 1.50. The highest BCUT2D eigenvalue weighted by Gasteiger charge is 2.14. The molecule has 2 aromatic heterocycles. The molecule has 0 saturated heterocycles. The number of carbonyl (C=O) groups excluding carboxylic acids is 1. The standard InChI is InChI=1S/C14H19N3O3S/c1-8(6-20-4)16-11(18)5-17-7-15-13-12(14(17)19)9(2)10(3)21-13/h7-8H,5-6H2,1-4H3,(H,16,18)/t8-/m0/s1. The third kappa shape index (κ3) is 3.30. The van der Waals surface area contributed by atoms with Crippen LogP contribution in [0.4, 0.5) is 0 Å². The van der Waals surface area contributed by atoms with Gasteiger partial charge in [0, 0.05) is 18.0 Å². The molecule has 0 unspecified atom stereocenters. The second-order valence-electron chi connectivity index (χ2n) is 5.06. The number of ether oxygens (including phenoxy) is 1. The molecule has 0 saturated carbocycles. The zero-order valence-electron chi connectivity index (χ0n) is 12.6. The van der Waals surface area contributed by atoms with Crippen molar-refractivity contribution in [2.75, 3.05) is 13.7 Å². The first kappa shape index (κ1) is 15.7. The second-order valence-corrected chi connectivity index (χ2v) is 6.27. The molecule has 7 heteroatoms. The van der Waals surface area contributed by atoms with Crippen LogP contribution in [0.3, 0.4) is 0 Å². The number of rotatable bonds is 5. The monoisotopic (exact) mass is 309 g/mol. The van der Waals surface area contributed by atoms with Crippen molar-refractivity contribution in [1.82, 2.24) is 14.9 Å². The predicted octanol–water partition coefficient (Wildman–Crippen LogP) is 1.23. The molecule has 2 heterocycles. The van der Waals surface area contributed by atoms with E-state index in [-0.39, 0.29) is 24.1 Å². The molecule has 6 nitrogen and oxygen atoms in total. The molecule has 2 rings (SSSR count). The molecule has 0 radical (unpaired) electrons. The topological polar surface area (TPSA) is 73.2 Å². The molecule has 0 aliphatic rings. The van der Waals surface area contributed by atoms with E-state index >= 15 is 0 Å². The molecule has 0 aliphatic carbocycles. The molecule has 0 aromatic carbocycles. The summed E-state index contributed by atoms with van der Waals surface area (Å²) in [4.78, 5) is 30.4. The molecule has 2 aromatic rings. The van der Waals surface area contributed by atoms with Crippen LogP contribution in [0.25, 0.3) is 10.2 Å². The van der Waals surface area contributed by atoms with Crippen LogP contribution in [0, 0.1) is 13.8 Å². The largest absolute Gasteiger partial charge is 0.383 e. The van der Waals surface area contributed by atoms with Crippen molar-refractivity contribution < 1.29 is 9.53 Å². The molecule has 0 fully saturated rings. The number of aryl methyl sites for hydroxylation is 2. The van der Waals surface area contributed by atoms with Gasteiger partial charge in [-0.25, -0.2) is 4.98 Å². The Morgan fingerprint density at radius 3 is 2.90 bits per heavy atom. The Morgan fingerprint density at radius 2 is 2.24 bits per heavy atom. The fourth-order valence-electron chi connectivity index (χ4n) is 2.15. The highest BCUT2D eigenvalue weighted by Crippen LogP contribution is 2.25. The highest BCUT2D eigenvalue weighted by molar-refractivity contribution is 7.18. The Hall–Kier alpha value is -1.73. The Bertz CT molecular complexity index is 720. The number of hydrogen-bond acceptors (Lipinski definition) is 5. The van der Waals surface area contributed by atoms with Gasteiger partial charge in [-0.15, -0.1) is 11.3 Å². The number of nitrogens with one attached hydrogen (secondary N) is 1. The van der Waals surface area contributed by atoms with Crippen LogP contribution < -0.4 is 10.9 Å². The highest BCUT2D eigenvalue weighted by atomic mass is 32.1. The predicted molar refractivity (Wildman–Crippen MR) is 82.8 cm³/mol. The Kier molecular flexibility index (Phi) is 4.74. The molecule has 1 N–H and O–H groups in total. The minimum atomic E-state index is -0.229. The molecule has 21 heavy (non-hydrogen) atoms. The number of thiophene rings is 1. The van der Waals surface area contributed by atoms with E-state index in [4.69, 9.17) is 4.74 Å². The van der Waals surface area contributed by atoms with Crippen molar-refractivity contribution in [1.29, 1.82) is 0 Å². The van der Waals surface area contributed by atoms with Gasteiger partial charge < -0.3 is 10.1 Å². The minimum Gasteiger partial charge on any atom is -0.383 e. The Balaban J connectivity index is 2.23. The maximum atomic E-state index is 12.4. The lowest BCUT2D eigenvalue weighted by Gasteiger charge is -2.13. The number of nitrogens with zero attached hydrogens (tertiary/aromatic N) is 2. The van der Waals surface area contributed by atoms with Crippen LogP contribution in [0.1, 0.15) is 17.4 Å². The number of aromatic nitrogens is 2. The quantitative estimate of drug-likeness (QED) is 0.901. The number of amides is 1. The van der Waals surface area contributed by atoms with Gasteiger partial charge in [-0.05, 0) is 26.3 Å². The van der Waals surface area contributed by atoms with Crippen molar-refractivity contribution in [2.45, 2.75) is 33.4 Å². The van der Waals surface area contributed by atoms with Crippen LogP contribution >= 0.6 is 11.3 Å². The molecule has 0 bridgehead atoms. The number of fused-ring (bicyclic) bond motifs is 1. The summed E-state index contributed by atoms with van der Waals surface area (Å²) in [5, 5.41) is 3.38. The van der Waals surface area contributed by atoms with Crippen molar-refractivity contribution in [2.24, 2.45) is 0 Å². The lowest BCUT2D eigenvalue weighted by atomic mass is 10.2. The fourth-order valence-corrected chi connectivity index (χ4v) is 3.14. The van der Waals surface area contributed by atoms with Gasteiger partial charge >= 0.3 is 0 Å². The van der Waals surface area contributed by atoms with Crippen LogP contribution in [0.2, 0.25) is 0 Å². The molecule has 0 aliphatic heterocycles. The van der Waals surface area contributed by atoms with Gasteiger partial charge in [0.05, 0.1) is 18.3 Å². The van der Waals surface area contributed by atoms with Crippen molar-refractivity contribution in [3.05, 3.63) is 27.1 Å². The smallest absolute Gasteiger partial charge is 0.262 e. The van der Waals surface area contributed by atoms with Gasteiger partial charge in [0.2, 0.25) is 5.91 Å². The number of methoxy groups -OCH3 is 1. The van der Waals surface area contributed by atoms with Gasteiger partial charge in [-0.3, -0.25) is 14.2 Å². The van der Waals surface area contributed by atoms with Gasteiger partial charge in [-0.2, -0.15) is 0 Å². The summed E-state index contributed by atoms with van der Waals surface area (Å²) < 4.78 is 6.30. The fraction of sp³-hybridized carbons (Fsp3) is 0.500. The van der Waals surface area contributed by atoms with E-state index in [0.29, 0.717) is 12.0 Å². The number of carbonyl (C=O) groups is 1. The third-order valence-corrected chi connectivity index (χ3v) is 4.41. The zero-order valence-corrected chi connectivity index (χ0v) is 13.4. The van der Waals surface area contributed by atoms with Crippen molar-refractivity contribution >= 4 is 27.5 Å². The van der Waals surface area contributed by atoms with Gasteiger partial charge in [0.15, 0.2) is 0 Å². The minimum absolute atomic E-state index is 0.0375. The molecular weight excluding hydrogens is 290 g/mol. The van der Waals surface area contributed by atoms with E-state index < -0.39 is 0 Å². The van der Waals surface area contributed by atoms with Crippen molar-refractivity contribution in [3.8, 4) is 0 Å². The average molecular weight is 309 g/mol. The number of hydrogen-bond donors (Lipinski definition) is 1. The lowest BCUT2D eigenvalue weighted by molar-refractivity contribution is -0.122. The van der Waals surface area contributed by atoms with E-state index in [9.17, 15) is 9.59 Å². The van der Waals surface area contributed by atoms with Crippen molar-refractivity contribution in [3.63, 3.8) is 0 Å². The van der Waals surface area contributed by atoms with E-state index in [0.717, 1.165) is 15.3 Å². The molecule has 0 spiro atoms. The third-order valence-electron chi connectivity index (χ3n) is 3.29. The zero-order chi connectivity index (χ0) is 15.6. The van der Waals surface area contributed by atoms with Crippen LogP contribution in [-0.2, 0) is 16.1 Å². The van der Waals surface area contributed by atoms with Gasteiger partial charge in [-0.1, -0.05) is 0 Å². The molecule has 114 valence electrons. The van der Waals surface area contributed by atoms with E-state index in [1.807, 2.05) is 20.8 Å². The summed E-state index contributed by atoms with van der Waals surface area (Å²) in [6.07, 6.45) is 1.43. The molecule has 1 amide bonds. The normalized spacial score (nSPS) is 12.6. The summed E-state index contributed by atoms with van der Waals surface area (Å²) in [7, 11) is 1.58. The first-order chi connectivity index (χ1) is 9.93. The summed E-state index contributed by atoms with van der Waals surface area (Å²) in [6.45, 7) is 6.11. The van der Waals surface area contributed by atoms with Gasteiger partial charge in [0.25, 0.3) is 5.56 Å². The Morgan fingerprint density at radius 1 is 1.52 bits per heavy atom. The SMILES string of the molecule is COC[C@H](C)NC(=O)Cn1cnc2sc(C)c(C)c2c1=O. The van der Waals surface area contributed by atoms with E-state index in [2.05, 4.69) is 10.3 Å². The van der Waals surface area contributed by atoms with E-state index in [1.54, 1.807) is 7.11 Å². The summed E-state index contributed by atoms with van der Waals surface area (Å²) in [5.41, 5.74) is 0.770. The Labute approximate surface area is 126 Å². The van der Waals surface area contributed by atoms with Crippen LogP contribution in [0.5, 0.6) is 0 Å².